The van der Waals surface area contributed by atoms with Crippen molar-refractivity contribution >= 4 is 33.5 Å². The fourth-order valence-corrected chi connectivity index (χ4v) is 7.46. The zero-order valence-corrected chi connectivity index (χ0v) is 26.6. The van der Waals surface area contributed by atoms with Crippen molar-refractivity contribution in [1.82, 2.24) is 30.0 Å². The number of aromatic amines is 1. The summed E-state index contributed by atoms with van der Waals surface area (Å²) in [5, 5.41) is 9.23. The molecule has 0 unspecified atom stereocenters. The van der Waals surface area contributed by atoms with Gasteiger partial charge in [-0.05, 0) is 70.0 Å². The van der Waals surface area contributed by atoms with Gasteiger partial charge in [0, 0.05) is 48.6 Å². The molecule has 5 heterocycles. The average molecular weight is 612 g/mol. The number of hydrogen-bond donors (Lipinski definition) is 1. The first-order valence-corrected chi connectivity index (χ1v) is 15.7. The van der Waals surface area contributed by atoms with Crippen LogP contribution in [0.15, 0.2) is 37.1 Å². The third kappa shape index (κ3) is 5.03. The lowest BCUT2D eigenvalue weighted by Crippen LogP contribution is -2.61. The predicted molar refractivity (Wildman–Crippen MR) is 174 cm³/mol. The Labute approximate surface area is 263 Å². The van der Waals surface area contributed by atoms with Crippen molar-refractivity contribution in [3.05, 3.63) is 42.6 Å². The van der Waals surface area contributed by atoms with Gasteiger partial charge in [-0.2, -0.15) is 15.1 Å². The first-order chi connectivity index (χ1) is 21.8. The van der Waals surface area contributed by atoms with Gasteiger partial charge in [-0.1, -0.05) is 12.6 Å². The maximum absolute atomic E-state index is 12.1. The molecule has 3 aliphatic heterocycles. The molecule has 1 spiro atoms. The molecular formula is C34H41N7O4. The van der Waals surface area contributed by atoms with Crippen LogP contribution in [-0.2, 0) is 4.79 Å². The van der Waals surface area contributed by atoms with Crippen LogP contribution in [-0.4, -0.2) is 103 Å². The fourth-order valence-electron chi connectivity index (χ4n) is 7.46. The number of ether oxygens (including phenoxy) is 3. The second-order valence-corrected chi connectivity index (χ2v) is 12.8. The van der Waals surface area contributed by atoms with E-state index in [1.54, 1.807) is 14.2 Å². The summed E-state index contributed by atoms with van der Waals surface area (Å²) in [5.41, 5.74) is 4.63. The molecule has 11 nitrogen and oxygen atoms in total. The maximum Gasteiger partial charge on any atom is 0.319 e. The van der Waals surface area contributed by atoms with E-state index in [0.717, 1.165) is 97.2 Å². The number of hydrogen-bond acceptors (Lipinski definition) is 9. The summed E-state index contributed by atoms with van der Waals surface area (Å²) < 4.78 is 18.6. The Morgan fingerprint density at radius 3 is 2.60 bits per heavy atom. The first kappa shape index (κ1) is 29.3. The Morgan fingerprint density at radius 1 is 1.11 bits per heavy atom. The summed E-state index contributed by atoms with van der Waals surface area (Å²) in [6.07, 6.45) is 7.44. The molecule has 236 valence electrons. The van der Waals surface area contributed by atoms with Gasteiger partial charge in [0.1, 0.15) is 23.7 Å². The van der Waals surface area contributed by atoms with Crippen LogP contribution >= 0.6 is 0 Å². The standard InChI is InChI=1S/C34H41N7O4/c1-6-27(42)41-19-34(20-41)11-14-40(15-12-34)32-23-16-26(43-4)29(28-21(2)9-10-25-24(28)17-35-38-25)31(44-5)30(23)36-33(37-32)45-18-22-8-7-13-39(22)3/h6,9-10,16-17,22H,1,7-8,11-15,18-20H2,2-5H3,(H,35,38)/t22-/m0/s1. The quantitative estimate of drug-likeness (QED) is 0.286. The zero-order valence-electron chi connectivity index (χ0n) is 26.6. The van der Waals surface area contributed by atoms with Gasteiger partial charge >= 0.3 is 6.01 Å². The van der Waals surface area contributed by atoms with Crippen LogP contribution in [0.2, 0.25) is 0 Å². The highest BCUT2D eigenvalue weighted by atomic mass is 16.5. The highest BCUT2D eigenvalue weighted by Gasteiger charge is 2.46. The van der Waals surface area contributed by atoms with E-state index in [9.17, 15) is 4.79 Å². The Hall–Kier alpha value is -4.38. The van der Waals surface area contributed by atoms with Crippen LogP contribution in [0.25, 0.3) is 32.9 Å². The van der Waals surface area contributed by atoms with Gasteiger partial charge in [-0.25, -0.2) is 0 Å². The van der Waals surface area contributed by atoms with Crippen molar-refractivity contribution in [3.8, 4) is 28.6 Å². The van der Waals surface area contributed by atoms with Crippen molar-refractivity contribution in [2.75, 3.05) is 65.5 Å². The maximum atomic E-state index is 12.1. The number of nitrogens with one attached hydrogen (secondary N) is 1. The third-order valence-corrected chi connectivity index (χ3v) is 10.1. The molecule has 1 amide bonds. The summed E-state index contributed by atoms with van der Waals surface area (Å²) in [6.45, 7) is 10.5. The van der Waals surface area contributed by atoms with Crippen LogP contribution < -0.4 is 19.1 Å². The largest absolute Gasteiger partial charge is 0.496 e. The summed E-state index contributed by atoms with van der Waals surface area (Å²) >= 11 is 0. The van der Waals surface area contributed by atoms with Gasteiger partial charge in [-0.15, -0.1) is 0 Å². The van der Waals surface area contributed by atoms with E-state index < -0.39 is 0 Å². The number of rotatable bonds is 8. The van der Waals surface area contributed by atoms with Crippen LogP contribution in [0.4, 0.5) is 5.82 Å². The molecule has 3 aliphatic rings. The number of aromatic nitrogens is 4. The minimum Gasteiger partial charge on any atom is -0.496 e. The SMILES string of the molecule is C=CC(=O)N1CC2(CCN(c3nc(OC[C@@H]4CCCN4C)nc4c(OC)c(-c5c(C)ccc6[nH]ncc56)c(OC)cc34)CC2)C1. The lowest BCUT2D eigenvalue weighted by molar-refractivity contribution is -0.139. The smallest absolute Gasteiger partial charge is 0.319 e. The molecule has 1 N–H and O–H groups in total. The highest BCUT2D eigenvalue weighted by molar-refractivity contribution is 6.06. The lowest BCUT2D eigenvalue weighted by atomic mass is 9.72. The van der Waals surface area contributed by atoms with Crippen LogP contribution in [0.1, 0.15) is 31.2 Å². The molecule has 0 radical (unpaired) electrons. The number of piperidine rings is 1. The van der Waals surface area contributed by atoms with Crippen molar-refractivity contribution < 1.29 is 19.0 Å². The molecule has 1 atom stereocenters. The molecule has 0 bridgehead atoms. The van der Waals surface area contributed by atoms with E-state index in [4.69, 9.17) is 24.2 Å². The molecule has 0 saturated carbocycles. The number of carbonyl (C=O) groups is 1. The van der Waals surface area contributed by atoms with E-state index in [1.165, 1.54) is 6.08 Å². The fraction of sp³-hybridized carbons (Fsp3) is 0.471. The Balaban J connectivity index is 1.33. The predicted octanol–water partition coefficient (Wildman–Crippen LogP) is 4.59. The minimum absolute atomic E-state index is 0.0101. The molecule has 3 fully saturated rings. The number of amides is 1. The first-order valence-electron chi connectivity index (χ1n) is 15.7. The second kappa shape index (κ2) is 11.5. The number of nitrogens with zero attached hydrogens (tertiary/aromatic N) is 6. The molecule has 0 aliphatic carbocycles. The van der Waals surface area contributed by atoms with Gasteiger partial charge < -0.3 is 28.9 Å². The van der Waals surface area contributed by atoms with Crippen LogP contribution in [0.3, 0.4) is 0 Å². The van der Waals surface area contributed by atoms with Crippen molar-refractivity contribution in [2.24, 2.45) is 5.41 Å². The van der Waals surface area contributed by atoms with Crippen LogP contribution in [0, 0.1) is 12.3 Å². The number of likely N-dealkylation sites (tertiary alicyclic amines) is 2. The average Bonchev–Trinajstić information content (AvgIpc) is 3.69. The van der Waals surface area contributed by atoms with E-state index in [-0.39, 0.29) is 11.3 Å². The van der Waals surface area contributed by atoms with Gasteiger partial charge in [0.25, 0.3) is 0 Å². The monoisotopic (exact) mass is 611 g/mol. The number of methoxy groups -OCH3 is 2. The summed E-state index contributed by atoms with van der Waals surface area (Å²) in [7, 11) is 5.50. The molecule has 2 aromatic heterocycles. The summed E-state index contributed by atoms with van der Waals surface area (Å²) in [4.78, 5) is 28.7. The van der Waals surface area contributed by atoms with E-state index in [1.807, 2.05) is 23.2 Å². The van der Waals surface area contributed by atoms with E-state index in [0.29, 0.717) is 35.7 Å². The molecular weight excluding hydrogens is 570 g/mol. The van der Waals surface area contributed by atoms with E-state index in [2.05, 4.69) is 46.6 Å². The van der Waals surface area contributed by atoms with Crippen molar-refractivity contribution in [3.63, 3.8) is 0 Å². The van der Waals surface area contributed by atoms with E-state index >= 15 is 0 Å². The molecule has 4 aromatic rings. The summed E-state index contributed by atoms with van der Waals surface area (Å²) in [5.74, 6) is 2.10. The molecule has 2 aromatic carbocycles. The lowest BCUT2D eigenvalue weighted by Gasteiger charge is -2.54. The Kier molecular flexibility index (Phi) is 7.51. The normalized spacial score (nSPS) is 19.7. The Bertz CT molecular complexity index is 1770. The number of aryl methyl sites for hydroxylation is 1. The van der Waals surface area contributed by atoms with Gasteiger partial charge in [-0.3, -0.25) is 9.89 Å². The van der Waals surface area contributed by atoms with Crippen LogP contribution in [0.5, 0.6) is 17.5 Å². The zero-order chi connectivity index (χ0) is 31.3. The number of fused-ring (bicyclic) bond motifs is 2. The molecule has 7 rings (SSSR count). The number of benzene rings is 2. The highest BCUT2D eigenvalue weighted by Crippen LogP contribution is 2.49. The summed E-state index contributed by atoms with van der Waals surface area (Å²) in [6, 6.07) is 6.82. The molecule has 3 saturated heterocycles. The number of carbonyl (C=O) groups excluding carboxylic acids is 1. The Morgan fingerprint density at radius 2 is 1.91 bits per heavy atom. The topological polar surface area (TPSA) is 109 Å². The third-order valence-electron chi connectivity index (χ3n) is 10.1. The van der Waals surface area contributed by atoms with Gasteiger partial charge in [0.2, 0.25) is 5.91 Å². The van der Waals surface area contributed by atoms with Crippen molar-refractivity contribution in [1.29, 1.82) is 0 Å². The molecule has 45 heavy (non-hydrogen) atoms. The molecule has 11 heteroatoms. The van der Waals surface area contributed by atoms with Gasteiger partial charge in [0.05, 0.1) is 36.9 Å². The minimum atomic E-state index is 0.0101. The van der Waals surface area contributed by atoms with Crippen molar-refractivity contribution in [2.45, 2.75) is 38.6 Å². The number of H-pyrrole nitrogens is 1. The number of likely N-dealkylation sites (N-methyl/N-ethyl adjacent to an activating group) is 1. The number of anilines is 1. The van der Waals surface area contributed by atoms with Gasteiger partial charge in [0.15, 0.2) is 5.75 Å². The second-order valence-electron chi connectivity index (χ2n) is 12.8.